The normalized spacial score (nSPS) is 16.1. The fourth-order valence-electron chi connectivity index (χ4n) is 3.57. The number of pyridine rings is 1. The Balaban J connectivity index is 1.53. The van der Waals surface area contributed by atoms with Gasteiger partial charge in [0.2, 0.25) is 0 Å². The molecule has 1 N–H and O–H groups in total. The van der Waals surface area contributed by atoms with Crippen LogP contribution in [0.25, 0.3) is 11.4 Å². The maximum absolute atomic E-state index is 13.4. The van der Waals surface area contributed by atoms with E-state index >= 15 is 0 Å². The second kappa shape index (κ2) is 6.97. The van der Waals surface area contributed by atoms with Gasteiger partial charge in [-0.3, -0.25) is 4.90 Å². The summed E-state index contributed by atoms with van der Waals surface area (Å²) >= 11 is 0. The SMILES string of the molecule is On1ccc(N2CCN(Cc3ccc(F)cc3)CC2)c2c(C(F)(F)F)cnc1-2. The van der Waals surface area contributed by atoms with Crippen LogP contribution in [0.4, 0.5) is 23.2 Å². The molecule has 0 aliphatic carbocycles. The van der Waals surface area contributed by atoms with Crippen molar-refractivity contribution in [3.63, 3.8) is 0 Å². The third kappa shape index (κ3) is 3.49. The van der Waals surface area contributed by atoms with Gasteiger partial charge in [-0.2, -0.15) is 17.9 Å². The molecule has 148 valence electrons. The zero-order valence-electron chi connectivity index (χ0n) is 14.8. The van der Waals surface area contributed by atoms with Crippen molar-refractivity contribution in [2.24, 2.45) is 0 Å². The van der Waals surface area contributed by atoms with Crippen molar-refractivity contribution in [2.75, 3.05) is 31.1 Å². The van der Waals surface area contributed by atoms with Crippen molar-refractivity contribution in [3.8, 4) is 11.4 Å². The molecule has 3 aliphatic rings. The highest BCUT2D eigenvalue weighted by Gasteiger charge is 2.39. The monoisotopic (exact) mass is 394 g/mol. The number of nitrogens with zero attached hydrogens (tertiary/aromatic N) is 4. The first-order chi connectivity index (χ1) is 13.3. The van der Waals surface area contributed by atoms with Crippen LogP contribution in [0.3, 0.4) is 0 Å². The van der Waals surface area contributed by atoms with Crippen LogP contribution < -0.4 is 4.90 Å². The first-order valence-corrected chi connectivity index (χ1v) is 8.81. The molecule has 28 heavy (non-hydrogen) atoms. The van der Waals surface area contributed by atoms with Gasteiger partial charge in [0.1, 0.15) is 5.82 Å². The van der Waals surface area contributed by atoms with Gasteiger partial charge in [0, 0.05) is 45.1 Å². The summed E-state index contributed by atoms with van der Waals surface area (Å²) < 4.78 is 53.8. The highest BCUT2D eigenvalue weighted by Crippen LogP contribution is 2.43. The number of alkyl halides is 3. The average molecular weight is 394 g/mol. The number of fused-ring (bicyclic) bond motifs is 1. The zero-order valence-corrected chi connectivity index (χ0v) is 14.8. The highest BCUT2D eigenvalue weighted by atomic mass is 19.4. The summed E-state index contributed by atoms with van der Waals surface area (Å²) in [6, 6.07) is 7.77. The minimum Gasteiger partial charge on any atom is -0.427 e. The molecule has 1 saturated heterocycles. The van der Waals surface area contributed by atoms with Gasteiger partial charge in [-0.25, -0.2) is 9.37 Å². The first-order valence-electron chi connectivity index (χ1n) is 8.81. The van der Waals surface area contributed by atoms with Crippen molar-refractivity contribution in [3.05, 3.63) is 59.7 Å². The third-order valence-corrected chi connectivity index (χ3v) is 4.99. The van der Waals surface area contributed by atoms with E-state index in [4.69, 9.17) is 0 Å². The molecule has 9 heteroatoms. The summed E-state index contributed by atoms with van der Waals surface area (Å²) in [4.78, 5) is 7.79. The van der Waals surface area contributed by atoms with E-state index in [1.807, 2.05) is 4.90 Å². The Hall–Kier alpha value is -2.81. The second-order valence-electron chi connectivity index (χ2n) is 6.80. The van der Waals surface area contributed by atoms with Gasteiger partial charge in [-0.15, -0.1) is 0 Å². The molecule has 1 aromatic rings. The Morgan fingerprint density at radius 2 is 1.68 bits per heavy atom. The molecule has 0 radical (unpaired) electrons. The third-order valence-electron chi connectivity index (χ3n) is 4.99. The van der Waals surface area contributed by atoms with Crippen LogP contribution in [0.15, 0.2) is 42.7 Å². The lowest BCUT2D eigenvalue weighted by molar-refractivity contribution is -0.137. The van der Waals surface area contributed by atoms with E-state index in [0.29, 0.717) is 43.1 Å². The summed E-state index contributed by atoms with van der Waals surface area (Å²) in [5.74, 6) is -0.398. The lowest BCUT2D eigenvalue weighted by atomic mass is 10.1. The van der Waals surface area contributed by atoms with E-state index in [9.17, 15) is 22.8 Å². The number of hydrogen-bond acceptors (Lipinski definition) is 4. The van der Waals surface area contributed by atoms with Crippen molar-refractivity contribution in [2.45, 2.75) is 12.7 Å². The van der Waals surface area contributed by atoms with Crippen LogP contribution in [0, 0.1) is 5.82 Å². The van der Waals surface area contributed by atoms with Gasteiger partial charge < -0.3 is 10.1 Å². The molecule has 5 nitrogen and oxygen atoms in total. The molecule has 1 aromatic carbocycles. The second-order valence-corrected chi connectivity index (χ2v) is 6.80. The van der Waals surface area contributed by atoms with Crippen LogP contribution in [0.1, 0.15) is 11.1 Å². The van der Waals surface area contributed by atoms with E-state index in [1.165, 1.54) is 24.4 Å². The highest BCUT2D eigenvalue weighted by molar-refractivity contribution is 5.79. The molecule has 0 aromatic heterocycles. The number of aromatic nitrogens is 2. The quantitative estimate of drug-likeness (QED) is 0.544. The largest absolute Gasteiger partial charge is 0.427 e. The number of rotatable bonds is 3. The number of halogens is 4. The Morgan fingerprint density at radius 1 is 1.00 bits per heavy atom. The zero-order chi connectivity index (χ0) is 19.9. The molecule has 0 unspecified atom stereocenters. The predicted molar refractivity (Wildman–Crippen MR) is 94.9 cm³/mol. The van der Waals surface area contributed by atoms with Crippen LogP contribution in [0.5, 0.6) is 0 Å². The van der Waals surface area contributed by atoms with E-state index in [2.05, 4.69) is 9.88 Å². The molecule has 0 saturated carbocycles. The maximum Gasteiger partial charge on any atom is 0.418 e. The van der Waals surface area contributed by atoms with E-state index in [-0.39, 0.29) is 17.2 Å². The van der Waals surface area contributed by atoms with Crippen LogP contribution in [0.2, 0.25) is 0 Å². The predicted octanol–water partition coefficient (Wildman–Crippen LogP) is 3.71. The van der Waals surface area contributed by atoms with Crippen LogP contribution in [-0.2, 0) is 12.7 Å². The van der Waals surface area contributed by atoms with Crippen LogP contribution in [-0.4, -0.2) is 46.0 Å². The Kier molecular flexibility index (Phi) is 4.62. The number of benzene rings is 1. The van der Waals surface area contributed by atoms with Crippen molar-refractivity contribution < 1.29 is 22.8 Å². The summed E-state index contributed by atoms with van der Waals surface area (Å²) in [5.41, 5.74) is 0.448. The van der Waals surface area contributed by atoms with Gasteiger partial charge in [-0.1, -0.05) is 12.1 Å². The van der Waals surface area contributed by atoms with E-state index in [0.717, 1.165) is 11.8 Å². The van der Waals surface area contributed by atoms with Crippen molar-refractivity contribution in [1.82, 2.24) is 14.6 Å². The molecule has 1 fully saturated rings. The summed E-state index contributed by atoms with van der Waals surface area (Å²) in [6.45, 7) is 3.04. The molecule has 0 bridgehead atoms. The number of piperazine rings is 1. The molecule has 0 amide bonds. The fraction of sp³-hybridized carbons (Fsp3) is 0.316. The summed E-state index contributed by atoms with van der Waals surface area (Å²) in [7, 11) is 0. The topological polar surface area (TPSA) is 44.5 Å². The maximum atomic E-state index is 13.4. The van der Waals surface area contributed by atoms with Gasteiger partial charge >= 0.3 is 6.18 Å². The van der Waals surface area contributed by atoms with Gasteiger partial charge in [-0.05, 0) is 23.8 Å². The lowest BCUT2D eigenvalue weighted by Gasteiger charge is -2.37. The molecule has 0 atom stereocenters. The number of anilines is 1. The van der Waals surface area contributed by atoms with Gasteiger partial charge in [0.05, 0.1) is 16.8 Å². The summed E-state index contributed by atoms with van der Waals surface area (Å²) in [6.07, 6.45) is -2.50. The molecule has 3 heterocycles. The van der Waals surface area contributed by atoms with Gasteiger partial charge in [0.15, 0.2) is 5.82 Å². The average Bonchev–Trinajstić information content (AvgIpc) is 3.11. The van der Waals surface area contributed by atoms with Gasteiger partial charge in [0.25, 0.3) is 0 Å². The molecule has 3 aliphatic heterocycles. The standard InChI is InChI=1S/C19H18F4N4O/c20-14-3-1-13(2-4-14)12-25-7-9-26(10-8-25)16-5-6-27(28)18-17(16)15(11-24-18)19(21,22)23/h1-6,11,28H,7-10,12H2. The Bertz CT molecular complexity index is 930. The molecular weight excluding hydrogens is 376 g/mol. The number of hydrogen-bond donors (Lipinski definition) is 1. The Morgan fingerprint density at radius 3 is 2.32 bits per heavy atom. The molecule has 4 rings (SSSR count). The minimum atomic E-state index is -4.55. The fourth-order valence-corrected chi connectivity index (χ4v) is 3.57. The molecular formula is C19H18F4N4O. The Labute approximate surface area is 158 Å². The van der Waals surface area contributed by atoms with Crippen LogP contribution >= 0.6 is 0 Å². The molecule has 0 spiro atoms. The first kappa shape index (κ1) is 18.5. The lowest BCUT2D eigenvalue weighted by Crippen LogP contribution is -2.46. The van der Waals surface area contributed by atoms with E-state index < -0.39 is 11.7 Å². The summed E-state index contributed by atoms with van der Waals surface area (Å²) in [5, 5.41) is 9.83. The van der Waals surface area contributed by atoms with Crippen molar-refractivity contribution in [1.29, 1.82) is 0 Å². The van der Waals surface area contributed by atoms with Crippen molar-refractivity contribution >= 4 is 5.69 Å². The smallest absolute Gasteiger partial charge is 0.418 e. The van der Waals surface area contributed by atoms with E-state index in [1.54, 1.807) is 12.1 Å². The minimum absolute atomic E-state index is 0.0931.